The molecule has 2 atom stereocenters. The van der Waals surface area contributed by atoms with E-state index in [0.717, 1.165) is 35.0 Å². The topological polar surface area (TPSA) is 64.1 Å². The normalized spacial score (nSPS) is 27.2. The van der Waals surface area contributed by atoms with Gasteiger partial charge in [0.2, 0.25) is 0 Å². The molecule has 0 aromatic carbocycles. The molecule has 3 heterocycles. The average Bonchev–Trinajstić information content (AvgIpc) is 3.19. The van der Waals surface area contributed by atoms with Crippen LogP contribution >= 0.6 is 23.1 Å². The third-order valence-corrected chi connectivity index (χ3v) is 6.56. The Kier molecular flexibility index (Phi) is 5.47. The number of hydrogen-bond donors (Lipinski definition) is 0. The number of hydrogen-bond acceptors (Lipinski definition) is 7. The molecule has 1 saturated heterocycles. The predicted molar refractivity (Wildman–Crippen MR) is 103 cm³/mol. The number of nitrogens with zero attached hydrogens (tertiary/aromatic N) is 5. The Morgan fingerprint density at radius 3 is 3.20 bits per heavy atom. The van der Waals surface area contributed by atoms with E-state index >= 15 is 0 Å². The SMILES string of the molecule is C=N/C=C(F)\C=N/CN1CC2CSC(C)=NC2(c2ccc(C#N)s2)C1. The summed E-state index contributed by atoms with van der Waals surface area (Å²) in [7, 11) is 0. The molecular formula is C17H18FN5S2. The van der Waals surface area contributed by atoms with Crippen LogP contribution in [-0.4, -0.2) is 48.4 Å². The lowest BCUT2D eigenvalue weighted by Crippen LogP contribution is -2.37. The van der Waals surface area contributed by atoms with E-state index in [-0.39, 0.29) is 5.54 Å². The first-order valence-corrected chi connectivity index (χ1v) is 9.61. The first kappa shape index (κ1) is 18.0. The van der Waals surface area contributed by atoms with Crippen LogP contribution in [0.5, 0.6) is 0 Å². The molecule has 0 radical (unpaired) electrons. The van der Waals surface area contributed by atoms with Gasteiger partial charge in [0.15, 0.2) is 5.83 Å². The fourth-order valence-electron chi connectivity index (χ4n) is 3.29. The van der Waals surface area contributed by atoms with Crippen molar-refractivity contribution in [3.8, 4) is 6.07 Å². The van der Waals surface area contributed by atoms with Gasteiger partial charge in [-0.3, -0.25) is 19.9 Å². The van der Waals surface area contributed by atoms with Crippen molar-refractivity contribution in [1.82, 2.24) is 4.90 Å². The highest BCUT2D eigenvalue weighted by Gasteiger charge is 2.50. The predicted octanol–water partition coefficient (Wildman–Crippen LogP) is 3.45. The number of thioether (sulfide) groups is 1. The minimum absolute atomic E-state index is 0.318. The van der Waals surface area contributed by atoms with Gasteiger partial charge in [-0.1, -0.05) is 0 Å². The van der Waals surface area contributed by atoms with E-state index in [1.807, 2.05) is 19.1 Å². The number of halogens is 1. The molecule has 3 rings (SSSR count). The molecule has 8 heteroatoms. The molecule has 0 bridgehead atoms. The van der Waals surface area contributed by atoms with Gasteiger partial charge in [0.05, 0.1) is 24.1 Å². The number of likely N-dealkylation sites (tertiary alicyclic amines) is 1. The third-order valence-electron chi connectivity index (χ3n) is 4.32. The molecule has 0 spiro atoms. The molecule has 130 valence electrons. The van der Waals surface area contributed by atoms with E-state index in [0.29, 0.717) is 17.5 Å². The van der Waals surface area contributed by atoms with Crippen molar-refractivity contribution in [1.29, 1.82) is 5.26 Å². The highest BCUT2D eigenvalue weighted by molar-refractivity contribution is 8.13. The van der Waals surface area contributed by atoms with Gasteiger partial charge in [0.25, 0.3) is 0 Å². The zero-order valence-electron chi connectivity index (χ0n) is 13.9. The summed E-state index contributed by atoms with van der Waals surface area (Å²) in [4.78, 5) is 16.5. The van der Waals surface area contributed by atoms with Crippen LogP contribution in [-0.2, 0) is 5.54 Å². The van der Waals surface area contributed by atoms with Crippen molar-refractivity contribution >= 4 is 41.1 Å². The molecular weight excluding hydrogens is 357 g/mol. The highest BCUT2D eigenvalue weighted by atomic mass is 32.2. The Hall–Kier alpha value is -1.82. The second-order valence-corrected chi connectivity index (χ2v) is 8.30. The summed E-state index contributed by atoms with van der Waals surface area (Å²) >= 11 is 3.29. The fourth-order valence-corrected chi connectivity index (χ4v) is 5.34. The van der Waals surface area contributed by atoms with E-state index in [4.69, 9.17) is 10.3 Å². The van der Waals surface area contributed by atoms with E-state index in [2.05, 4.69) is 27.7 Å². The van der Waals surface area contributed by atoms with E-state index in [1.165, 1.54) is 17.6 Å². The molecule has 5 nitrogen and oxygen atoms in total. The van der Waals surface area contributed by atoms with Crippen molar-refractivity contribution in [2.24, 2.45) is 20.9 Å². The highest BCUT2D eigenvalue weighted by Crippen LogP contribution is 2.47. The molecule has 0 amide bonds. The van der Waals surface area contributed by atoms with Crippen LogP contribution in [0.25, 0.3) is 0 Å². The van der Waals surface area contributed by atoms with Crippen molar-refractivity contribution in [3.63, 3.8) is 0 Å². The minimum Gasteiger partial charge on any atom is -0.281 e. The molecule has 0 N–H and O–H groups in total. The van der Waals surface area contributed by atoms with Crippen LogP contribution in [0, 0.1) is 17.2 Å². The standard InChI is InChI=1S/C17H18FN5S2/c1-12-22-17(16-4-3-15(5-19)25-16)10-23(8-13(17)9-24-12)11-21-7-14(18)6-20-2/h3-4,6-7,13H,2,8-11H2,1H3/b14-6+,21-7-. The van der Waals surface area contributed by atoms with E-state index < -0.39 is 5.83 Å². The lowest BCUT2D eigenvalue weighted by Gasteiger charge is -2.34. The number of fused-ring (bicyclic) bond motifs is 1. The zero-order valence-corrected chi connectivity index (χ0v) is 15.5. The third kappa shape index (κ3) is 3.73. The smallest absolute Gasteiger partial charge is 0.159 e. The summed E-state index contributed by atoms with van der Waals surface area (Å²) in [5.74, 6) is 0.837. The number of rotatable bonds is 5. The molecule has 0 aliphatic carbocycles. The van der Waals surface area contributed by atoms with Gasteiger partial charge in [-0.2, -0.15) is 5.26 Å². The summed E-state index contributed by atoms with van der Waals surface area (Å²) in [6.07, 6.45) is 2.21. The Morgan fingerprint density at radius 1 is 1.64 bits per heavy atom. The molecule has 1 fully saturated rings. The largest absolute Gasteiger partial charge is 0.281 e. The van der Waals surface area contributed by atoms with Gasteiger partial charge in [-0.05, 0) is 25.8 Å². The Morgan fingerprint density at radius 2 is 2.48 bits per heavy atom. The fraction of sp³-hybridized carbons (Fsp3) is 0.412. The Labute approximate surface area is 154 Å². The quantitative estimate of drug-likeness (QED) is 0.741. The van der Waals surface area contributed by atoms with Crippen molar-refractivity contribution in [2.75, 3.05) is 25.5 Å². The number of allylic oxidation sites excluding steroid dienone is 1. The maximum Gasteiger partial charge on any atom is 0.159 e. The lowest BCUT2D eigenvalue weighted by molar-refractivity contribution is 0.325. The minimum atomic E-state index is -0.511. The summed E-state index contributed by atoms with van der Waals surface area (Å²) in [5, 5.41) is 10.2. The second kappa shape index (κ2) is 7.60. The van der Waals surface area contributed by atoms with Crippen LogP contribution in [0.4, 0.5) is 4.39 Å². The number of nitriles is 1. The molecule has 1 aromatic rings. The molecule has 2 unspecified atom stereocenters. The summed E-state index contributed by atoms with van der Waals surface area (Å²) in [6.45, 7) is 7.24. The van der Waals surface area contributed by atoms with Gasteiger partial charge in [0, 0.05) is 29.6 Å². The average molecular weight is 375 g/mol. The van der Waals surface area contributed by atoms with Crippen molar-refractivity contribution < 1.29 is 4.39 Å². The summed E-state index contributed by atoms with van der Waals surface area (Å²) < 4.78 is 13.3. The number of aliphatic imine (C=N–C) groups is 3. The van der Waals surface area contributed by atoms with Crippen LogP contribution in [0.2, 0.25) is 0 Å². The summed E-state index contributed by atoms with van der Waals surface area (Å²) in [5.41, 5.74) is -0.318. The maximum absolute atomic E-state index is 13.3. The van der Waals surface area contributed by atoms with Crippen LogP contribution in [0.15, 0.2) is 39.1 Å². The van der Waals surface area contributed by atoms with E-state index in [1.54, 1.807) is 11.8 Å². The summed E-state index contributed by atoms with van der Waals surface area (Å²) in [6, 6.07) is 6.09. The first-order chi connectivity index (χ1) is 12.1. The Balaban J connectivity index is 1.82. The van der Waals surface area contributed by atoms with E-state index in [9.17, 15) is 4.39 Å². The second-order valence-electron chi connectivity index (χ2n) is 6.00. The first-order valence-electron chi connectivity index (χ1n) is 7.81. The molecule has 1 aromatic heterocycles. The van der Waals surface area contributed by atoms with Gasteiger partial charge < -0.3 is 0 Å². The monoisotopic (exact) mass is 375 g/mol. The van der Waals surface area contributed by atoms with Crippen LogP contribution < -0.4 is 0 Å². The van der Waals surface area contributed by atoms with Crippen LogP contribution in [0.3, 0.4) is 0 Å². The zero-order chi connectivity index (χ0) is 17.9. The lowest BCUT2D eigenvalue weighted by atomic mass is 9.87. The van der Waals surface area contributed by atoms with Crippen molar-refractivity contribution in [2.45, 2.75) is 12.5 Å². The molecule has 25 heavy (non-hydrogen) atoms. The molecule has 2 aliphatic rings. The van der Waals surface area contributed by atoms with Gasteiger partial charge >= 0.3 is 0 Å². The maximum atomic E-state index is 13.3. The van der Waals surface area contributed by atoms with Gasteiger partial charge in [-0.15, -0.1) is 23.1 Å². The number of thiophene rings is 1. The van der Waals surface area contributed by atoms with Crippen LogP contribution in [0.1, 0.15) is 16.7 Å². The Bertz CT molecular complexity index is 791. The molecule has 2 aliphatic heterocycles. The molecule has 0 saturated carbocycles. The van der Waals surface area contributed by atoms with Gasteiger partial charge in [0.1, 0.15) is 16.5 Å². The van der Waals surface area contributed by atoms with Gasteiger partial charge in [-0.25, -0.2) is 4.39 Å². The van der Waals surface area contributed by atoms with Crippen molar-refractivity contribution in [3.05, 3.63) is 33.9 Å².